The number of nitrogens with zero attached hydrogens (tertiary/aromatic N) is 2. The molecule has 3 rings (SSSR count). The second-order valence-corrected chi connectivity index (χ2v) is 8.22. The zero-order valence-electron chi connectivity index (χ0n) is 16.4. The van der Waals surface area contributed by atoms with Crippen molar-refractivity contribution in [1.82, 2.24) is 15.1 Å². The van der Waals surface area contributed by atoms with Gasteiger partial charge in [0.05, 0.1) is 0 Å². The first kappa shape index (κ1) is 20.2. The van der Waals surface area contributed by atoms with Gasteiger partial charge in [0.15, 0.2) is 0 Å². The number of piperidine rings is 2. The summed E-state index contributed by atoms with van der Waals surface area (Å²) in [7, 11) is 0. The molecule has 27 heavy (non-hydrogen) atoms. The van der Waals surface area contributed by atoms with E-state index in [2.05, 4.69) is 15.1 Å². The molecule has 1 aromatic carbocycles. The molecular formula is C21H31F2N3O. The quantitative estimate of drug-likeness (QED) is 0.854. The summed E-state index contributed by atoms with van der Waals surface area (Å²) in [4.78, 5) is 16.9. The van der Waals surface area contributed by atoms with Crippen molar-refractivity contribution in [1.29, 1.82) is 0 Å². The monoisotopic (exact) mass is 379 g/mol. The van der Waals surface area contributed by atoms with Crippen molar-refractivity contribution in [3.8, 4) is 0 Å². The van der Waals surface area contributed by atoms with Gasteiger partial charge in [0.1, 0.15) is 11.6 Å². The molecule has 0 aliphatic carbocycles. The Morgan fingerprint density at radius 3 is 2.37 bits per heavy atom. The second kappa shape index (κ2) is 9.11. The summed E-state index contributed by atoms with van der Waals surface area (Å²) in [6.07, 6.45) is 3.98. The highest BCUT2D eigenvalue weighted by Crippen LogP contribution is 2.25. The van der Waals surface area contributed by atoms with Crippen LogP contribution in [0.4, 0.5) is 8.78 Å². The van der Waals surface area contributed by atoms with Gasteiger partial charge >= 0.3 is 0 Å². The van der Waals surface area contributed by atoms with Crippen LogP contribution in [0.3, 0.4) is 0 Å². The number of likely N-dealkylation sites (tertiary alicyclic amines) is 2. The largest absolute Gasteiger partial charge is 0.354 e. The van der Waals surface area contributed by atoms with Crippen molar-refractivity contribution in [3.05, 3.63) is 35.4 Å². The van der Waals surface area contributed by atoms with E-state index in [0.717, 1.165) is 57.9 Å². The summed E-state index contributed by atoms with van der Waals surface area (Å²) in [5.41, 5.74) is 0.562. The van der Waals surface area contributed by atoms with Gasteiger partial charge in [0, 0.05) is 36.2 Å². The van der Waals surface area contributed by atoms with Crippen molar-refractivity contribution in [2.45, 2.75) is 58.2 Å². The summed E-state index contributed by atoms with van der Waals surface area (Å²) in [5.74, 6) is -0.648. The van der Waals surface area contributed by atoms with Gasteiger partial charge in [-0.3, -0.25) is 9.69 Å². The lowest BCUT2D eigenvalue weighted by Crippen LogP contribution is -2.49. The van der Waals surface area contributed by atoms with E-state index in [0.29, 0.717) is 18.2 Å². The van der Waals surface area contributed by atoms with Crippen LogP contribution < -0.4 is 5.32 Å². The van der Waals surface area contributed by atoms with Crippen molar-refractivity contribution in [3.63, 3.8) is 0 Å². The molecule has 2 saturated heterocycles. The van der Waals surface area contributed by atoms with Crippen LogP contribution in [0, 0.1) is 17.6 Å². The number of rotatable bonds is 5. The number of hydrogen-bond donors (Lipinski definition) is 1. The predicted molar refractivity (Wildman–Crippen MR) is 102 cm³/mol. The molecule has 0 radical (unpaired) electrons. The Bertz CT molecular complexity index is 636. The molecule has 0 atom stereocenters. The Morgan fingerprint density at radius 2 is 1.78 bits per heavy atom. The number of halogens is 2. The number of amides is 1. The maximum Gasteiger partial charge on any atom is 0.223 e. The summed E-state index contributed by atoms with van der Waals surface area (Å²) >= 11 is 0. The second-order valence-electron chi connectivity index (χ2n) is 8.22. The third-order valence-electron chi connectivity index (χ3n) is 5.81. The first-order valence-corrected chi connectivity index (χ1v) is 10.1. The molecule has 2 heterocycles. The molecule has 0 unspecified atom stereocenters. The smallest absolute Gasteiger partial charge is 0.223 e. The number of nitrogens with one attached hydrogen (secondary N) is 1. The van der Waals surface area contributed by atoms with Gasteiger partial charge in [-0.2, -0.15) is 0 Å². The van der Waals surface area contributed by atoms with Gasteiger partial charge < -0.3 is 10.2 Å². The standard InChI is InChI=1S/C21H31F2N3O/c1-15(2)24-21(27)16-5-11-26(12-6-16)19-7-9-25(10-8-19)14-17-3-4-18(22)13-20(17)23/h3-4,13,15-16,19H,5-12,14H2,1-2H3,(H,24,27). The highest BCUT2D eigenvalue weighted by atomic mass is 19.1. The van der Waals surface area contributed by atoms with E-state index in [1.807, 2.05) is 13.8 Å². The Hall–Kier alpha value is -1.53. The Morgan fingerprint density at radius 1 is 1.11 bits per heavy atom. The first-order valence-electron chi connectivity index (χ1n) is 10.1. The van der Waals surface area contributed by atoms with Crippen LogP contribution in [0.25, 0.3) is 0 Å². The van der Waals surface area contributed by atoms with Gasteiger partial charge in [-0.15, -0.1) is 0 Å². The van der Waals surface area contributed by atoms with Crippen LogP contribution in [-0.4, -0.2) is 54.0 Å². The van der Waals surface area contributed by atoms with E-state index in [1.165, 1.54) is 6.07 Å². The van der Waals surface area contributed by atoms with E-state index in [1.54, 1.807) is 6.07 Å². The molecule has 2 aliphatic rings. The lowest BCUT2D eigenvalue weighted by Gasteiger charge is -2.41. The summed E-state index contributed by atoms with van der Waals surface area (Å²) in [6.45, 7) is 8.35. The summed E-state index contributed by atoms with van der Waals surface area (Å²) in [6, 6.07) is 4.58. The van der Waals surface area contributed by atoms with Crippen LogP contribution in [-0.2, 0) is 11.3 Å². The molecule has 2 aliphatic heterocycles. The maximum absolute atomic E-state index is 13.8. The van der Waals surface area contributed by atoms with Crippen molar-refractivity contribution in [2.75, 3.05) is 26.2 Å². The van der Waals surface area contributed by atoms with Crippen molar-refractivity contribution < 1.29 is 13.6 Å². The molecular weight excluding hydrogens is 348 g/mol. The highest BCUT2D eigenvalue weighted by Gasteiger charge is 2.30. The van der Waals surface area contributed by atoms with Gasteiger partial charge in [-0.25, -0.2) is 8.78 Å². The van der Waals surface area contributed by atoms with Gasteiger partial charge in [0.25, 0.3) is 0 Å². The lowest BCUT2D eigenvalue weighted by molar-refractivity contribution is -0.127. The molecule has 150 valence electrons. The minimum atomic E-state index is -0.527. The normalized spacial score (nSPS) is 20.9. The molecule has 0 saturated carbocycles. The first-order chi connectivity index (χ1) is 12.9. The SMILES string of the molecule is CC(C)NC(=O)C1CCN(C2CCN(Cc3ccc(F)cc3F)CC2)CC1. The van der Waals surface area contributed by atoms with Crippen LogP contribution in [0.1, 0.15) is 45.1 Å². The molecule has 1 amide bonds. The summed E-state index contributed by atoms with van der Waals surface area (Å²) < 4.78 is 26.9. The van der Waals surface area contributed by atoms with E-state index < -0.39 is 11.6 Å². The molecule has 0 bridgehead atoms. The zero-order valence-corrected chi connectivity index (χ0v) is 16.4. The van der Waals surface area contributed by atoms with Gasteiger partial charge in [0.2, 0.25) is 5.91 Å². The van der Waals surface area contributed by atoms with Crippen LogP contribution in [0.2, 0.25) is 0 Å². The minimum absolute atomic E-state index is 0.144. The van der Waals surface area contributed by atoms with Crippen molar-refractivity contribution >= 4 is 5.91 Å². The zero-order chi connectivity index (χ0) is 19.4. The van der Waals surface area contributed by atoms with E-state index in [4.69, 9.17) is 0 Å². The molecule has 1 N–H and O–H groups in total. The van der Waals surface area contributed by atoms with Gasteiger partial charge in [-0.05, 0) is 71.8 Å². The fraction of sp³-hybridized carbons (Fsp3) is 0.667. The third-order valence-corrected chi connectivity index (χ3v) is 5.81. The summed E-state index contributed by atoms with van der Waals surface area (Å²) in [5, 5.41) is 3.03. The van der Waals surface area contributed by atoms with E-state index >= 15 is 0 Å². The number of carbonyl (C=O) groups excluding carboxylic acids is 1. The molecule has 1 aromatic rings. The Kier molecular flexibility index (Phi) is 6.82. The number of carbonyl (C=O) groups is 1. The molecule has 4 nitrogen and oxygen atoms in total. The number of hydrogen-bond acceptors (Lipinski definition) is 3. The lowest BCUT2D eigenvalue weighted by atomic mass is 9.92. The Labute approximate surface area is 160 Å². The van der Waals surface area contributed by atoms with Crippen molar-refractivity contribution in [2.24, 2.45) is 5.92 Å². The van der Waals surface area contributed by atoms with E-state index in [-0.39, 0.29) is 17.9 Å². The maximum atomic E-state index is 13.8. The Balaban J connectivity index is 1.43. The van der Waals surface area contributed by atoms with Crippen LogP contribution in [0.15, 0.2) is 18.2 Å². The molecule has 0 spiro atoms. The third kappa shape index (κ3) is 5.48. The average molecular weight is 379 g/mol. The van der Waals surface area contributed by atoms with Crippen LogP contribution >= 0.6 is 0 Å². The minimum Gasteiger partial charge on any atom is -0.354 e. The average Bonchev–Trinajstić information content (AvgIpc) is 2.64. The van der Waals surface area contributed by atoms with E-state index in [9.17, 15) is 13.6 Å². The highest BCUT2D eigenvalue weighted by molar-refractivity contribution is 5.78. The fourth-order valence-electron chi connectivity index (χ4n) is 4.26. The van der Waals surface area contributed by atoms with Gasteiger partial charge in [-0.1, -0.05) is 6.07 Å². The molecule has 2 fully saturated rings. The van der Waals surface area contributed by atoms with Crippen LogP contribution in [0.5, 0.6) is 0 Å². The number of benzene rings is 1. The fourth-order valence-corrected chi connectivity index (χ4v) is 4.26. The molecule has 0 aromatic heterocycles. The predicted octanol–water partition coefficient (Wildman–Crippen LogP) is 3.17. The molecule has 6 heteroatoms. The topological polar surface area (TPSA) is 35.6 Å².